The van der Waals surface area contributed by atoms with Crippen LogP contribution in [-0.4, -0.2) is 35.1 Å². The van der Waals surface area contributed by atoms with Crippen molar-refractivity contribution in [3.05, 3.63) is 0 Å². The molecule has 1 saturated heterocycles. The first-order valence-electron chi connectivity index (χ1n) is 6.59. The van der Waals surface area contributed by atoms with Crippen molar-refractivity contribution in [2.45, 2.75) is 53.0 Å². The van der Waals surface area contributed by atoms with Crippen LogP contribution in [0.3, 0.4) is 0 Å². The van der Waals surface area contributed by atoms with Crippen LogP contribution in [0, 0.1) is 11.3 Å². The Balaban J connectivity index is 2.33. The first kappa shape index (κ1) is 14.3. The summed E-state index contributed by atoms with van der Waals surface area (Å²) in [6.45, 7) is 11.0. The van der Waals surface area contributed by atoms with Gasteiger partial charge >= 0.3 is 0 Å². The van der Waals surface area contributed by atoms with Crippen molar-refractivity contribution >= 4 is 5.84 Å². The highest BCUT2D eigenvalue weighted by molar-refractivity contribution is 5.85. The lowest BCUT2D eigenvalue weighted by Crippen LogP contribution is -2.34. The Bertz CT molecular complexity index is 276. The fourth-order valence-corrected chi connectivity index (χ4v) is 2.69. The predicted molar refractivity (Wildman–Crippen MR) is 71.2 cm³/mol. The van der Waals surface area contributed by atoms with Crippen LogP contribution < -0.4 is 5.73 Å². The summed E-state index contributed by atoms with van der Waals surface area (Å²) in [7, 11) is 0. The topological polar surface area (TPSA) is 61.8 Å². The molecule has 3 N–H and O–H groups in total. The summed E-state index contributed by atoms with van der Waals surface area (Å²) in [6.07, 6.45) is 3.37. The highest BCUT2D eigenvalue weighted by Gasteiger charge is 2.27. The van der Waals surface area contributed by atoms with Crippen LogP contribution in [0.25, 0.3) is 0 Å². The van der Waals surface area contributed by atoms with Gasteiger partial charge in [-0.1, -0.05) is 25.9 Å². The Morgan fingerprint density at radius 3 is 2.59 bits per heavy atom. The van der Waals surface area contributed by atoms with Gasteiger partial charge in [0.25, 0.3) is 0 Å². The molecule has 0 radical (unpaired) electrons. The third-order valence-corrected chi connectivity index (χ3v) is 3.96. The van der Waals surface area contributed by atoms with Crippen LogP contribution in [0.1, 0.15) is 47.0 Å². The van der Waals surface area contributed by atoms with E-state index < -0.39 is 0 Å². The standard InChI is InChI=1S/C13H27N3O/c1-10-8-11(2)16(9-10)7-5-6-13(3,4)12(14)15-17/h10-11,17H,5-9H2,1-4H3,(H2,14,15). The SMILES string of the molecule is CC1CC(C)N(CCCC(C)(C)C(N)=NO)C1. The van der Waals surface area contributed by atoms with Gasteiger partial charge in [0, 0.05) is 18.0 Å². The van der Waals surface area contributed by atoms with E-state index in [4.69, 9.17) is 10.9 Å². The maximum Gasteiger partial charge on any atom is 0.144 e. The summed E-state index contributed by atoms with van der Waals surface area (Å²) in [5, 5.41) is 11.8. The molecule has 4 heteroatoms. The maximum absolute atomic E-state index is 8.71. The number of nitrogens with zero attached hydrogens (tertiary/aromatic N) is 2. The van der Waals surface area contributed by atoms with Crippen molar-refractivity contribution in [2.24, 2.45) is 22.2 Å². The molecule has 0 bridgehead atoms. The largest absolute Gasteiger partial charge is 0.409 e. The molecule has 0 spiro atoms. The van der Waals surface area contributed by atoms with Crippen molar-refractivity contribution in [1.82, 2.24) is 4.90 Å². The lowest BCUT2D eigenvalue weighted by atomic mass is 9.86. The van der Waals surface area contributed by atoms with Crippen LogP contribution in [0.4, 0.5) is 0 Å². The summed E-state index contributed by atoms with van der Waals surface area (Å²) >= 11 is 0. The summed E-state index contributed by atoms with van der Waals surface area (Å²) < 4.78 is 0. The predicted octanol–water partition coefficient (Wildman–Crippen LogP) is 2.27. The third kappa shape index (κ3) is 3.87. The van der Waals surface area contributed by atoms with E-state index in [1.165, 1.54) is 13.0 Å². The molecule has 0 aromatic heterocycles. The lowest BCUT2D eigenvalue weighted by Gasteiger charge is -2.26. The Morgan fingerprint density at radius 2 is 2.12 bits per heavy atom. The normalized spacial score (nSPS) is 27.6. The van der Waals surface area contributed by atoms with Crippen LogP contribution in [-0.2, 0) is 0 Å². The minimum absolute atomic E-state index is 0.205. The van der Waals surface area contributed by atoms with Gasteiger partial charge in [0.15, 0.2) is 0 Å². The lowest BCUT2D eigenvalue weighted by molar-refractivity contribution is 0.247. The molecule has 1 heterocycles. The first-order chi connectivity index (χ1) is 7.86. The Morgan fingerprint density at radius 1 is 1.47 bits per heavy atom. The van der Waals surface area contributed by atoms with Gasteiger partial charge < -0.3 is 15.8 Å². The molecule has 1 aliphatic heterocycles. The Hall–Kier alpha value is -0.770. The molecule has 1 rings (SSSR count). The second-order valence-corrected chi connectivity index (χ2v) is 6.16. The molecule has 0 amide bonds. The number of hydrogen-bond acceptors (Lipinski definition) is 3. The van der Waals surface area contributed by atoms with Crippen molar-refractivity contribution in [2.75, 3.05) is 13.1 Å². The second-order valence-electron chi connectivity index (χ2n) is 6.16. The quantitative estimate of drug-likeness (QED) is 0.336. The van der Waals surface area contributed by atoms with Crippen molar-refractivity contribution in [3.8, 4) is 0 Å². The minimum Gasteiger partial charge on any atom is -0.409 e. The molecule has 2 unspecified atom stereocenters. The molecule has 0 aromatic rings. The smallest absolute Gasteiger partial charge is 0.144 e. The fourth-order valence-electron chi connectivity index (χ4n) is 2.69. The molecule has 1 aliphatic rings. The van der Waals surface area contributed by atoms with Gasteiger partial charge in [-0.2, -0.15) is 0 Å². The zero-order valence-electron chi connectivity index (χ0n) is 11.6. The van der Waals surface area contributed by atoms with Gasteiger partial charge in [-0.3, -0.25) is 0 Å². The van der Waals surface area contributed by atoms with Gasteiger partial charge in [0.05, 0.1) is 0 Å². The van der Waals surface area contributed by atoms with Gasteiger partial charge in [0.1, 0.15) is 5.84 Å². The summed E-state index contributed by atoms with van der Waals surface area (Å²) in [5.74, 6) is 1.16. The molecule has 0 saturated carbocycles. The molecular formula is C13H27N3O. The van der Waals surface area contributed by atoms with Gasteiger partial charge in [-0.05, 0) is 38.6 Å². The van der Waals surface area contributed by atoms with E-state index in [0.717, 1.165) is 25.3 Å². The molecule has 2 atom stereocenters. The first-order valence-corrected chi connectivity index (χ1v) is 6.59. The number of hydrogen-bond donors (Lipinski definition) is 2. The van der Waals surface area contributed by atoms with Gasteiger partial charge in [-0.25, -0.2) is 0 Å². The zero-order chi connectivity index (χ0) is 13.1. The highest BCUT2D eigenvalue weighted by atomic mass is 16.4. The minimum atomic E-state index is -0.205. The maximum atomic E-state index is 8.71. The number of nitrogens with two attached hydrogens (primary N) is 1. The van der Waals surface area contributed by atoms with E-state index in [9.17, 15) is 0 Å². The third-order valence-electron chi connectivity index (χ3n) is 3.96. The monoisotopic (exact) mass is 241 g/mol. The number of likely N-dealkylation sites (tertiary alicyclic amines) is 1. The Kier molecular flexibility index (Phi) is 4.80. The van der Waals surface area contributed by atoms with Crippen LogP contribution >= 0.6 is 0 Å². The van der Waals surface area contributed by atoms with E-state index in [1.54, 1.807) is 0 Å². The zero-order valence-corrected chi connectivity index (χ0v) is 11.6. The molecule has 17 heavy (non-hydrogen) atoms. The molecule has 4 nitrogen and oxygen atoms in total. The van der Waals surface area contributed by atoms with E-state index in [0.29, 0.717) is 11.9 Å². The number of rotatable bonds is 5. The summed E-state index contributed by atoms with van der Waals surface area (Å²) in [6, 6.07) is 0.706. The van der Waals surface area contributed by atoms with E-state index in [-0.39, 0.29) is 5.41 Å². The van der Waals surface area contributed by atoms with E-state index in [2.05, 4.69) is 23.9 Å². The number of amidine groups is 1. The van der Waals surface area contributed by atoms with Crippen molar-refractivity contribution in [3.63, 3.8) is 0 Å². The van der Waals surface area contributed by atoms with Crippen LogP contribution in [0.15, 0.2) is 5.16 Å². The van der Waals surface area contributed by atoms with E-state index in [1.807, 2.05) is 13.8 Å². The fraction of sp³-hybridized carbons (Fsp3) is 0.923. The van der Waals surface area contributed by atoms with E-state index >= 15 is 0 Å². The summed E-state index contributed by atoms with van der Waals surface area (Å²) in [4.78, 5) is 2.55. The van der Waals surface area contributed by atoms with Crippen LogP contribution in [0.5, 0.6) is 0 Å². The highest BCUT2D eigenvalue weighted by Crippen LogP contribution is 2.26. The number of oxime groups is 1. The Labute approximate surface area is 105 Å². The molecule has 0 aromatic carbocycles. The van der Waals surface area contributed by atoms with Gasteiger partial charge in [-0.15, -0.1) is 0 Å². The van der Waals surface area contributed by atoms with Crippen LogP contribution in [0.2, 0.25) is 0 Å². The average Bonchev–Trinajstić information content (AvgIpc) is 2.56. The molecule has 0 aliphatic carbocycles. The molecule has 1 fully saturated rings. The van der Waals surface area contributed by atoms with Crippen molar-refractivity contribution in [1.29, 1.82) is 0 Å². The average molecular weight is 241 g/mol. The summed E-state index contributed by atoms with van der Waals surface area (Å²) in [5.41, 5.74) is 5.48. The molecular weight excluding hydrogens is 214 g/mol. The van der Waals surface area contributed by atoms with Gasteiger partial charge in [0.2, 0.25) is 0 Å². The molecule has 100 valence electrons. The second kappa shape index (κ2) is 5.71. The van der Waals surface area contributed by atoms with Crippen molar-refractivity contribution < 1.29 is 5.21 Å².